The summed E-state index contributed by atoms with van der Waals surface area (Å²) in [5.74, 6) is 0.344. The average Bonchev–Trinajstić information content (AvgIpc) is 2.63. The van der Waals surface area contributed by atoms with Gasteiger partial charge in [0.1, 0.15) is 5.75 Å². The van der Waals surface area contributed by atoms with E-state index in [0.29, 0.717) is 29.1 Å². The fourth-order valence-electron chi connectivity index (χ4n) is 2.18. The lowest BCUT2D eigenvalue weighted by atomic mass is 10.2. The summed E-state index contributed by atoms with van der Waals surface area (Å²) in [6, 6.07) is 13.9. The molecule has 0 saturated heterocycles. The Morgan fingerprint density at radius 3 is 2.04 bits per heavy atom. The van der Waals surface area contributed by atoms with E-state index in [-0.39, 0.29) is 23.0 Å². The van der Waals surface area contributed by atoms with Gasteiger partial charge in [0, 0.05) is 23.4 Å². The number of hydrogen-bond donors (Lipinski definition) is 3. The Labute approximate surface area is 164 Å². The van der Waals surface area contributed by atoms with Gasteiger partial charge in [0.2, 0.25) is 5.91 Å². The summed E-state index contributed by atoms with van der Waals surface area (Å²) >= 11 is 5.18. The third-order valence-corrected chi connectivity index (χ3v) is 3.67. The molecule has 0 bridgehead atoms. The van der Waals surface area contributed by atoms with E-state index >= 15 is 0 Å². The zero-order valence-electron chi connectivity index (χ0n) is 15.5. The first-order valence-corrected chi connectivity index (χ1v) is 9.07. The number of thiocarbonyl (C=S) groups is 1. The molecule has 0 atom stereocenters. The predicted molar refractivity (Wildman–Crippen MR) is 111 cm³/mol. The summed E-state index contributed by atoms with van der Waals surface area (Å²) < 4.78 is 5.55. The van der Waals surface area contributed by atoms with Crippen LogP contribution in [0.3, 0.4) is 0 Å². The van der Waals surface area contributed by atoms with Gasteiger partial charge in [0.15, 0.2) is 5.11 Å². The van der Waals surface area contributed by atoms with Gasteiger partial charge in [0.05, 0.1) is 6.10 Å². The Bertz CT molecular complexity index is 802. The van der Waals surface area contributed by atoms with Crippen molar-refractivity contribution in [2.75, 3.05) is 10.6 Å². The minimum Gasteiger partial charge on any atom is -0.491 e. The van der Waals surface area contributed by atoms with Crippen molar-refractivity contribution in [1.29, 1.82) is 0 Å². The molecule has 0 spiro atoms. The van der Waals surface area contributed by atoms with E-state index in [0.717, 1.165) is 0 Å². The highest BCUT2D eigenvalue weighted by molar-refractivity contribution is 7.80. The second kappa shape index (κ2) is 9.68. The molecule has 0 radical (unpaired) electrons. The lowest BCUT2D eigenvalue weighted by molar-refractivity contribution is -0.115. The molecule has 2 rings (SSSR count). The number of carbonyl (C=O) groups excluding carboxylic acids is 2. The normalized spacial score (nSPS) is 10.2. The first-order valence-electron chi connectivity index (χ1n) is 8.66. The largest absolute Gasteiger partial charge is 0.491 e. The second-order valence-corrected chi connectivity index (χ2v) is 6.49. The zero-order valence-corrected chi connectivity index (χ0v) is 16.4. The van der Waals surface area contributed by atoms with Crippen LogP contribution in [0.5, 0.6) is 5.75 Å². The summed E-state index contributed by atoms with van der Waals surface area (Å²) in [6.07, 6.45) is 0.490. The van der Waals surface area contributed by atoms with Gasteiger partial charge in [-0.1, -0.05) is 6.92 Å². The van der Waals surface area contributed by atoms with Crippen molar-refractivity contribution in [2.24, 2.45) is 0 Å². The van der Waals surface area contributed by atoms with Gasteiger partial charge in [-0.25, -0.2) is 0 Å². The topological polar surface area (TPSA) is 79.5 Å². The molecular formula is C20H23N3O3S. The van der Waals surface area contributed by atoms with Crippen LogP contribution in [0.25, 0.3) is 0 Å². The predicted octanol–water partition coefficient (Wildman–Crippen LogP) is 3.95. The number of anilines is 2. The van der Waals surface area contributed by atoms with Crippen molar-refractivity contribution in [3.05, 3.63) is 54.1 Å². The van der Waals surface area contributed by atoms with Crippen molar-refractivity contribution in [1.82, 2.24) is 5.32 Å². The molecule has 0 heterocycles. The first kappa shape index (κ1) is 20.4. The molecule has 0 fully saturated rings. The number of benzene rings is 2. The third kappa shape index (κ3) is 6.71. The van der Waals surface area contributed by atoms with Crippen LogP contribution in [0.1, 0.15) is 37.6 Å². The number of hydrogen-bond acceptors (Lipinski definition) is 4. The number of ether oxygens (including phenoxy) is 1. The van der Waals surface area contributed by atoms with Gasteiger partial charge in [-0.05, 0) is 74.6 Å². The molecule has 142 valence electrons. The Morgan fingerprint density at radius 1 is 0.963 bits per heavy atom. The highest BCUT2D eigenvalue weighted by atomic mass is 32.1. The van der Waals surface area contributed by atoms with Gasteiger partial charge in [-0.3, -0.25) is 14.9 Å². The van der Waals surface area contributed by atoms with E-state index in [1.165, 1.54) is 0 Å². The number of rotatable bonds is 6. The summed E-state index contributed by atoms with van der Waals surface area (Å²) in [5.41, 5.74) is 1.88. The minimum atomic E-state index is -0.310. The van der Waals surface area contributed by atoms with Gasteiger partial charge in [0.25, 0.3) is 5.91 Å². The van der Waals surface area contributed by atoms with Crippen LogP contribution in [0.2, 0.25) is 0 Å². The SMILES string of the molecule is CCC(=O)Nc1ccc(NC(=S)NC(=O)c2ccc(OC(C)C)cc2)cc1. The summed E-state index contributed by atoms with van der Waals surface area (Å²) in [5, 5.41) is 8.52. The Kier molecular flexibility index (Phi) is 7.31. The van der Waals surface area contributed by atoms with Crippen LogP contribution in [-0.4, -0.2) is 23.0 Å². The number of carbonyl (C=O) groups is 2. The number of nitrogens with one attached hydrogen (secondary N) is 3. The molecule has 0 aliphatic carbocycles. The van der Waals surface area contributed by atoms with Crippen molar-refractivity contribution in [3.8, 4) is 5.75 Å². The molecule has 2 aromatic carbocycles. The van der Waals surface area contributed by atoms with E-state index in [1.54, 1.807) is 55.5 Å². The molecule has 2 aromatic rings. The smallest absolute Gasteiger partial charge is 0.257 e. The van der Waals surface area contributed by atoms with Crippen molar-refractivity contribution in [2.45, 2.75) is 33.3 Å². The lowest BCUT2D eigenvalue weighted by Gasteiger charge is -2.12. The van der Waals surface area contributed by atoms with Crippen LogP contribution >= 0.6 is 12.2 Å². The Morgan fingerprint density at radius 2 is 1.52 bits per heavy atom. The van der Waals surface area contributed by atoms with Crippen LogP contribution in [0.15, 0.2) is 48.5 Å². The highest BCUT2D eigenvalue weighted by Gasteiger charge is 2.09. The van der Waals surface area contributed by atoms with Gasteiger partial charge in [-0.2, -0.15) is 0 Å². The molecule has 3 N–H and O–H groups in total. The second-order valence-electron chi connectivity index (χ2n) is 6.08. The first-order chi connectivity index (χ1) is 12.9. The fourth-order valence-corrected chi connectivity index (χ4v) is 2.39. The molecule has 7 heteroatoms. The third-order valence-electron chi connectivity index (χ3n) is 3.46. The van der Waals surface area contributed by atoms with Crippen LogP contribution in [0.4, 0.5) is 11.4 Å². The summed E-state index contributed by atoms with van der Waals surface area (Å²) in [6.45, 7) is 5.67. The maximum atomic E-state index is 12.3. The van der Waals surface area contributed by atoms with E-state index in [1.807, 2.05) is 13.8 Å². The molecule has 2 amide bonds. The molecule has 0 aromatic heterocycles. The Hall–Kier alpha value is -2.93. The minimum absolute atomic E-state index is 0.0525. The molecule has 0 unspecified atom stereocenters. The zero-order chi connectivity index (χ0) is 19.8. The van der Waals surface area contributed by atoms with Gasteiger partial charge < -0.3 is 15.4 Å². The summed E-state index contributed by atoms with van der Waals surface area (Å²) in [4.78, 5) is 23.6. The van der Waals surface area contributed by atoms with Crippen LogP contribution < -0.4 is 20.7 Å². The van der Waals surface area contributed by atoms with Crippen molar-refractivity contribution in [3.63, 3.8) is 0 Å². The standard InChI is InChI=1S/C20H23N3O3S/c1-4-18(24)21-15-7-9-16(10-8-15)22-20(27)23-19(25)14-5-11-17(12-6-14)26-13(2)3/h5-13H,4H2,1-3H3,(H,21,24)(H2,22,23,25,27). The molecule has 0 aliphatic heterocycles. The van der Waals surface area contributed by atoms with E-state index < -0.39 is 0 Å². The average molecular weight is 385 g/mol. The van der Waals surface area contributed by atoms with Crippen molar-refractivity contribution >= 4 is 40.5 Å². The Balaban J connectivity index is 1.89. The quantitative estimate of drug-likeness (QED) is 0.656. The maximum Gasteiger partial charge on any atom is 0.257 e. The summed E-state index contributed by atoms with van der Waals surface area (Å²) in [7, 11) is 0. The van der Waals surface area contributed by atoms with E-state index in [2.05, 4.69) is 16.0 Å². The molecule has 6 nitrogen and oxygen atoms in total. The van der Waals surface area contributed by atoms with Gasteiger partial charge >= 0.3 is 0 Å². The molecular weight excluding hydrogens is 362 g/mol. The van der Waals surface area contributed by atoms with Gasteiger partial charge in [-0.15, -0.1) is 0 Å². The van der Waals surface area contributed by atoms with E-state index in [4.69, 9.17) is 17.0 Å². The van der Waals surface area contributed by atoms with Crippen LogP contribution in [0, 0.1) is 0 Å². The molecule has 27 heavy (non-hydrogen) atoms. The van der Waals surface area contributed by atoms with E-state index in [9.17, 15) is 9.59 Å². The highest BCUT2D eigenvalue weighted by Crippen LogP contribution is 2.15. The van der Waals surface area contributed by atoms with Crippen molar-refractivity contribution < 1.29 is 14.3 Å². The molecule has 0 saturated carbocycles. The maximum absolute atomic E-state index is 12.3. The van der Waals surface area contributed by atoms with Crippen LogP contribution in [-0.2, 0) is 4.79 Å². The molecule has 0 aliphatic rings. The fraction of sp³-hybridized carbons (Fsp3) is 0.250. The lowest BCUT2D eigenvalue weighted by Crippen LogP contribution is -2.34. The number of amides is 2. The monoisotopic (exact) mass is 385 g/mol.